The van der Waals surface area contributed by atoms with E-state index in [0.717, 1.165) is 31.7 Å². The van der Waals surface area contributed by atoms with Gasteiger partial charge in [-0.15, -0.1) is 0 Å². The van der Waals surface area contributed by atoms with Gasteiger partial charge in [0.2, 0.25) is 5.91 Å². The number of carbonyl (C=O) groups excluding carboxylic acids is 2. The van der Waals surface area contributed by atoms with E-state index in [1.54, 1.807) is 12.1 Å². The highest BCUT2D eigenvalue weighted by atomic mass is 35.5. The number of benzene rings is 2. The second-order valence-corrected chi connectivity index (χ2v) is 8.37. The molecule has 152 valence electrons. The van der Waals surface area contributed by atoms with Crippen LogP contribution in [0, 0.1) is 20.8 Å². The number of hydrogen-bond donors (Lipinski definition) is 0. The van der Waals surface area contributed by atoms with Crippen molar-refractivity contribution in [1.29, 1.82) is 0 Å². The highest BCUT2D eigenvalue weighted by Gasteiger charge is 2.43. The van der Waals surface area contributed by atoms with Crippen LogP contribution in [0.15, 0.2) is 36.4 Å². The van der Waals surface area contributed by atoms with Crippen LogP contribution in [0.4, 0.5) is 11.4 Å². The Bertz CT molecular complexity index is 967. The number of aryl methyl sites for hydroxylation is 2. The van der Waals surface area contributed by atoms with E-state index in [0.29, 0.717) is 10.7 Å². The van der Waals surface area contributed by atoms with Gasteiger partial charge in [0.1, 0.15) is 0 Å². The quantitative estimate of drug-likeness (QED) is 0.722. The summed E-state index contributed by atoms with van der Waals surface area (Å²) in [5.41, 5.74) is 5.33. The van der Waals surface area contributed by atoms with Gasteiger partial charge >= 0.3 is 0 Å². The molecular formula is C23H26ClN3O2. The Morgan fingerprint density at radius 3 is 2.34 bits per heavy atom. The third-order valence-corrected chi connectivity index (χ3v) is 6.62. The van der Waals surface area contributed by atoms with Gasteiger partial charge in [-0.2, -0.15) is 0 Å². The van der Waals surface area contributed by atoms with E-state index in [1.807, 2.05) is 13.0 Å². The third kappa shape index (κ3) is 3.65. The van der Waals surface area contributed by atoms with E-state index in [4.69, 9.17) is 11.6 Å². The van der Waals surface area contributed by atoms with Crippen molar-refractivity contribution in [3.63, 3.8) is 0 Å². The van der Waals surface area contributed by atoms with Gasteiger partial charge in [0.05, 0.1) is 18.2 Å². The van der Waals surface area contributed by atoms with Gasteiger partial charge in [0.15, 0.2) is 0 Å². The fourth-order valence-corrected chi connectivity index (χ4v) is 4.42. The first-order valence-corrected chi connectivity index (χ1v) is 10.4. The fraction of sp³-hybridized carbons (Fsp3) is 0.391. The van der Waals surface area contributed by atoms with Crippen LogP contribution in [-0.4, -0.2) is 48.9 Å². The van der Waals surface area contributed by atoms with E-state index in [1.165, 1.54) is 21.7 Å². The lowest BCUT2D eigenvalue weighted by Crippen LogP contribution is -2.52. The highest BCUT2D eigenvalue weighted by Crippen LogP contribution is 2.30. The first-order valence-electron chi connectivity index (χ1n) is 10.0. The molecule has 0 radical (unpaired) electrons. The number of anilines is 2. The molecule has 1 atom stereocenters. The maximum atomic E-state index is 13.1. The molecule has 0 N–H and O–H groups in total. The maximum absolute atomic E-state index is 13.1. The SMILES string of the molecule is Cc1ccc(N2C(=O)C[C@H](N3CCN(c4cccc(C)c4C)CC3)C2=O)cc1Cl. The lowest BCUT2D eigenvalue weighted by molar-refractivity contribution is -0.123. The summed E-state index contributed by atoms with van der Waals surface area (Å²) in [6, 6.07) is 11.3. The zero-order valence-electron chi connectivity index (χ0n) is 17.1. The zero-order valence-corrected chi connectivity index (χ0v) is 17.9. The molecule has 0 bridgehead atoms. The molecule has 2 heterocycles. The molecule has 2 amide bonds. The average molecular weight is 412 g/mol. The minimum Gasteiger partial charge on any atom is -0.369 e. The number of imide groups is 1. The molecule has 2 aromatic carbocycles. The zero-order chi connectivity index (χ0) is 20.7. The summed E-state index contributed by atoms with van der Waals surface area (Å²) in [5.74, 6) is -0.299. The Kier molecular flexibility index (Phi) is 5.36. The number of amides is 2. The lowest BCUT2D eigenvalue weighted by Gasteiger charge is -2.38. The molecule has 29 heavy (non-hydrogen) atoms. The van der Waals surface area contributed by atoms with Crippen LogP contribution in [0.25, 0.3) is 0 Å². The number of carbonyl (C=O) groups is 2. The predicted octanol–water partition coefficient (Wildman–Crippen LogP) is 3.72. The molecule has 5 nitrogen and oxygen atoms in total. The van der Waals surface area contributed by atoms with Gasteiger partial charge in [-0.25, -0.2) is 4.90 Å². The summed E-state index contributed by atoms with van der Waals surface area (Å²) in [6.07, 6.45) is 0.230. The molecule has 0 aliphatic carbocycles. The van der Waals surface area contributed by atoms with E-state index >= 15 is 0 Å². The van der Waals surface area contributed by atoms with E-state index in [2.05, 4.69) is 41.8 Å². The number of rotatable bonds is 3. The normalized spacial score (nSPS) is 20.6. The number of piperazine rings is 1. The van der Waals surface area contributed by atoms with Gasteiger partial charge in [0, 0.05) is 36.9 Å². The minimum absolute atomic E-state index is 0.143. The van der Waals surface area contributed by atoms with E-state index in [9.17, 15) is 9.59 Å². The molecule has 2 fully saturated rings. The number of nitrogens with zero attached hydrogens (tertiary/aromatic N) is 3. The Hall–Kier alpha value is -2.37. The first-order chi connectivity index (χ1) is 13.9. The van der Waals surface area contributed by atoms with E-state index < -0.39 is 0 Å². The summed E-state index contributed by atoms with van der Waals surface area (Å²) in [7, 11) is 0. The van der Waals surface area contributed by atoms with Crippen molar-refractivity contribution in [2.75, 3.05) is 36.0 Å². The molecule has 0 unspecified atom stereocenters. The highest BCUT2D eigenvalue weighted by molar-refractivity contribution is 6.32. The summed E-state index contributed by atoms with van der Waals surface area (Å²) in [4.78, 5) is 31.5. The van der Waals surface area contributed by atoms with E-state index in [-0.39, 0.29) is 24.3 Å². The van der Waals surface area contributed by atoms with Gasteiger partial charge in [-0.05, 0) is 55.7 Å². The lowest BCUT2D eigenvalue weighted by atomic mass is 10.1. The molecular weight excluding hydrogens is 386 g/mol. The summed E-state index contributed by atoms with van der Waals surface area (Å²) >= 11 is 6.21. The van der Waals surface area contributed by atoms with Crippen molar-refractivity contribution in [3.05, 3.63) is 58.1 Å². The van der Waals surface area contributed by atoms with Crippen LogP contribution in [0.5, 0.6) is 0 Å². The Labute approximate surface area is 176 Å². The van der Waals surface area contributed by atoms with Crippen LogP contribution in [0.2, 0.25) is 5.02 Å². The average Bonchev–Trinajstić information content (AvgIpc) is 3.00. The van der Waals surface area contributed by atoms with Crippen LogP contribution in [0.3, 0.4) is 0 Å². The maximum Gasteiger partial charge on any atom is 0.251 e. The standard InChI is InChI=1S/C23H26ClN3O2/c1-15-5-4-6-20(17(15)3)25-9-11-26(12-10-25)21-14-22(28)27(23(21)29)18-8-7-16(2)19(24)13-18/h4-8,13,21H,9-12,14H2,1-3H3/t21-/m0/s1. The van der Waals surface area contributed by atoms with Crippen molar-refractivity contribution >= 4 is 34.8 Å². The van der Waals surface area contributed by atoms with Gasteiger partial charge in [-0.1, -0.05) is 29.8 Å². The minimum atomic E-state index is -0.386. The summed E-state index contributed by atoms with van der Waals surface area (Å²) < 4.78 is 0. The Morgan fingerprint density at radius 2 is 1.66 bits per heavy atom. The molecule has 2 aliphatic heterocycles. The number of hydrogen-bond acceptors (Lipinski definition) is 4. The second-order valence-electron chi connectivity index (χ2n) is 7.96. The first kappa shape index (κ1) is 19.9. The molecule has 4 rings (SSSR count). The summed E-state index contributed by atoms with van der Waals surface area (Å²) in [5, 5.41) is 0.564. The molecule has 0 saturated carbocycles. The predicted molar refractivity (Wildman–Crippen MR) is 117 cm³/mol. The van der Waals surface area contributed by atoms with Crippen LogP contribution in [0.1, 0.15) is 23.1 Å². The second kappa shape index (κ2) is 7.81. The van der Waals surface area contributed by atoms with Crippen molar-refractivity contribution in [1.82, 2.24) is 4.90 Å². The van der Waals surface area contributed by atoms with Crippen LogP contribution >= 0.6 is 11.6 Å². The number of halogens is 1. The Balaban J connectivity index is 1.46. The van der Waals surface area contributed by atoms with Gasteiger partial charge in [0.25, 0.3) is 5.91 Å². The van der Waals surface area contributed by atoms with Crippen molar-refractivity contribution < 1.29 is 9.59 Å². The smallest absolute Gasteiger partial charge is 0.251 e. The largest absolute Gasteiger partial charge is 0.369 e. The fourth-order valence-electron chi connectivity index (χ4n) is 4.25. The van der Waals surface area contributed by atoms with Crippen LogP contribution in [-0.2, 0) is 9.59 Å². The molecule has 0 aromatic heterocycles. The third-order valence-electron chi connectivity index (χ3n) is 6.21. The molecule has 6 heteroatoms. The Morgan fingerprint density at radius 1 is 0.931 bits per heavy atom. The molecule has 0 spiro atoms. The molecule has 2 aromatic rings. The van der Waals surface area contributed by atoms with Crippen molar-refractivity contribution in [2.24, 2.45) is 0 Å². The van der Waals surface area contributed by atoms with Crippen molar-refractivity contribution in [3.8, 4) is 0 Å². The van der Waals surface area contributed by atoms with Crippen LogP contribution < -0.4 is 9.80 Å². The topological polar surface area (TPSA) is 43.9 Å². The van der Waals surface area contributed by atoms with Gasteiger partial charge < -0.3 is 4.90 Å². The summed E-state index contributed by atoms with van der Waals surface area (Å²) in [6.45, 7) is 9.40. The molecule has 2 aliphatic rings. The molecule has 2 saturated heterocycles. The van der Waals surface area contributed by atoms with Gasteiger partial charge in [-0.3, -0.25) is 14.5 Å². The van der Waals surface area contributed by atoms with Crippen molar-refractivity contribution in [2.45, 2.75) is 33.2 Å². The monoisotopic (exact) mass is 411 g/mol.